The van der Waals surface area contributed by atoms with Crippen molar-refractivity contribution in [1.29, 1.82) is 0 Å². The summed E-state index contributed by atoms with van der Waals surface area (Å²) in [5, 5.41) is 4.21. The van der Waals surface area contributed by atoms with E-state index in [4.69, 9.17) is 11.6 Å². The first kappa shape index (κ1) is 17.3. The number of rotatable bonds is 9. The summed E-state index contributed by atoms with van der Waals surface area (Å²) in [5.74, 6) is 0. The molecule has 1 N–H and O–H groups in total. The molecule has 0 unspecified atom stereocenters. The number of nitrogens with one attached hydrogen (secondary N) is 1. The smallest absolute Gasteiger partial charge is 0.0413 e. The van der Waals surface area contributed by atoms with Crippen LogP contribution >= 0.6 is 11.6 Å². The molecule has 0 aliphatic rings. The lowest BCUT2D eigenvalue weighted by atomic mass is 10.1. The summed E-state index contributed by atoms with van der Waals surface area (Å²) in [7, 11) is 4.23. The van der Waals surface area contributed by atoms with E-state index in [1.807, 2.05) is 6.07 Å². The quantitative estimate of drug-likeness (QED) is 0.755. The van der Waals surface area contributed by atoms with Gasteiger partial charge in [-0.2, -0.15) is 0 Å². The third-order valence-electron chi connectivity index (χ3n) is 3.26. The van der Waals surface area contributed by atoms with Crippen molar-refractivity contribution in [2.24, 2.45) is 0 Å². The zero-order chi connectivity index (χ0) is 15.0. The monoisotopic (exact) mass is 297 g/mol. The van der Waals surface area contributed by atoms with Gasteiger partial charge in [0.1, 0.15) is 0 Å². The van der Waals surface area contributed by atoms with Crippen molar-refractivity contribution in [3.8, 4) is 0 Å². The number of anilines is 1. The highest BCUT2D eigenvalue weighted by molar-refractivity contribution is 6.30. The lowest BCUT2D eigenvalue weighted by molar-refractivity contribution is 0.412. The van der Waals surface area contributed by atoms with Gasteiger partial charge in [0, 0.05) is 36.9 Å². The van der Waals surface area contributed by atoms with Gasteiger partial charge in [0.15, 0.2) is 0 Å². The van der Waals surface area contributed by atoms with Crippen molar-refractivity contribution in [3.05, 3.63) is 28.8 Å². The third-order valence-corrected chi connectivity index (χ3v) is 3.49. The predicted octanol–water partition coefficient (Wildman–Crippen LogP) is 3.23. The Morgan fingerprint density at radius 2 is 1.85 bits per heavy atom. The van der Waals surface area contributed by atoms with E-state index in [2.05, 4.69) is 55.2 Å². The summed E-state index contributed by atoms with van der Waals surface area (Å²) >= 11 is 6.15. The SMILES string of the molecule is CCCN(CCN(C)C)c1ccc(Cl)cc1CNCC. The van der Waals surface area contributed by atoms with Crippen molar-refractivity contribution >= 4 is 17.3 Å². The predicted molar refractivity (Wildman–Crippen MR) is 89.9 cm³/mol. The second kappa shape index (κ2) is 9.22. The van der Waals surface area contributed by atoms with Crippen LogP contribution in [0.5, 0.6) is 0 Å². The van der Waals surface area contributed by atoms with E-state index in [0.717, 1.165) is 44.2 Å². The second-order valence-corrected chi connectivity index (χ2v) is 5.78. The summed E-state index contributed by atoms with van der Waals surface area (Å²) in [5.41, 5.74) is 2.59. The Morgan fingerprint density at radius 3 is 2.45 bits per heavy atom. The molecule has 0 amide bonds. The summed E-state index contributed by atoms with van der Waals surface area (Å²) in [4.78, 5) is 4.69. The molecule has 0 heterocycles. The Labute approximate surface area is 128 Å². The van der Waals surface area contributed by atoms with Crippen LogP contribution in [0, 0.1) is 0 Å². The fraction of sp³-hybridized carbons (Fsp3) is 0.625. The molecule has 1 aromatic rings. The average Bonchev–Trinajstić information content (AvgIpc) is 2.41. The van der Waals surface area contributed by atoms with Gasteiger partial charge in [0.05, 0.1) is 0 Å². The van der Waals surface area contributed by atoms with Crippen LogP contribution in [0.1, 0.15) is 25.8 Å². The fourth-order valence-electron chi connectivity index (χ4n) is 2.21. The van der Waals surface area contributed by atoms with Crippen LogP contribution in [-0.4, -0.2) is 45.2 Å². The molecule has 20 heavy (non-hydrogen) atoms. The Morgan fingerprint density at radius 1 is 1.10 bits per heavy atom. The van der Waals surface area contributed by atoms with Gasteiger partial charge in [-0.3, -0.25) is 0 Å². The van der Waals surface area contributed by atoms with Gasteiger partial charge in [-0.15, -0.1) is 0 Å². The van der Waals surface area contributed by atoms with E-state index in [1.54, 1.807) is 0 Å². The van der Waals surface area contributed by atoms with Crippen LogP contribution < -0.4 is 10.2 Å². The number of benzene rings is 1. The average molecular weight is 298 g/mol. The van der Waals surface area contributed by atoms with E-state index < -0.39 is 0 Å². The Balaban J connectivity index is 2.91. The number of likely N-dealkylation sites (N-methyl/N-ethyl adjacent to an activating group) is 1. The van der Waals surface area contributed by atoms with Crippen LogP contribution in [0.4, 0.5) is 5.69 Å². The molecular weight excluding hydrogens is 270 g/mol. The molecule has 0 spiro atoms. The van der Waals surface area contributed by atoms with Gasteiger partial charge >= 0.3 is 0 Å². The first-order chi connectivity index (χ1) is 9.58. The summed E-state index contributed by atoms with van der Waals surface area (Å²) < 4.78 is 0. The third kappa shape index (κ3) is 5.70. The number of nitrogens with zero attached hydrogens (tertiary/aromatic N) is 2. The van der Waals surface area contributed by atoms with Gasteiger partial charge in [-0.1, -0.05) is 25.4 Å². The molecule has 114 valence electrons. The van der Waals surface area contributed by atoms with Crippen LogP contribution in [0.15, 0.2) is 18.2 Å². The van der Waals surface area contributed by atoms with Crippen LogP contribution in [0.3, 0.4) is 0 Å². The molecule has 1 rings (SSSR count). The lowest BCUT2D eigenvalue weighted by Crippen LogP contribution is -2.33. The lowest BCUT2D eigenvalue weighted by Gasteiger charge is -2.28. The van der Waals surface area contributed by atoms with Crippen LogP contribution in [0.2, 0.25) is 5.02 Å². The molecule has 0 saturated carbocycles. The van der Waals surface area contributed by atoms with Crippen molar-refractivity contribution < 1.29 is 0 Å². The molecule has 0 radical (unpaired) electrons. The van der Waals surface area contributed by atoms with Gasteiger partial charge in [0.25, 0.3) is 0 Å². The van der Waals surface area contributed by atoms with Crippen molar-refractivity contribution in [3.63, 3.8) is 0 Å². The second-order valence-electron chi connectivity index (χ2n) is 5.34. The normalized spacial score (nSPS) is 11.1. The molecule has 0 fully saturated rings. The highest BCUT2D eigenvalue weighted by Gasteiger charge is 2.11. The van der Waals surface area contributed by atoms with Gasteiger partial charge in [0.2, 0.25) is 0 Å². The minimum atomic E-state index is 0.811. The highest BCUT2D eigenvalue weighted by atomic mass is 35.5. The Kier molecular flexibility index (Phi) is 7.97. The molecule has 3 nitrogen and oxygen atoms in total. The zero-order valence-corrected chi connectivity index (χ0v) is 14.0. The number of hydrogen-bond donors (Lipinski definition) is 1. The molecular formula is C16H28ClN3. The molecule has 0 aliphatic heterocycles. The largest absolute Gasteiger partial charge is 0.370 e. The highest BCUT2D eigenvalue weighted by Crippen LogP contribution is 2.24. The van der Waals surface area contributed by atoms with Gasteiger partial charge in [-0.05, 0) is 50.8 Å². The maximum Gasteiger partial charge on any atom is 0.0413 e. The Hall–Kier alpha value is -0.770. The van der Waals surface area contributed by atoms with Crippen LogP contribution in [0.25, 0.3) is 0 Å². The van der Waals surface area contributed by atoms with E-state index in [9.17, 15) is 0 Å². The molecule has 4 heteroatoms. The van der Waals surface area contributed by atoms with Crippen LogP contribution in [-0.2, 0) is 6.54 Å². The minimum Gasteiger partial charge on any atom is -0.370 e. The summed E-state index contributed by atoms with van der Waals surface area (Å²) in [6.45, 7) is 9.37. The fourth-order valence-corrected chi connectivity index (χ4v) is 2.40. The number of halogens is 1. The van der Waals surface area contributed by atoms with Crippen molar-refractivity contribution in [2.45, 2.75) is 26.8 Å². The maximum atomic E-state index is 6.15. The topological polar surface area (TPSA) is 18.5 Å². The van der Waals surface area contributed by atoms with E-state index in [1.165, 1.54) is 11.3 Å². The standard InChI is InChI=1S/C16H28ClN3/c1-5-9-20(11-10-19(3)4)16-8-7-15(17)12-14(16)13-18-6-2/h7-8,12,18H,5-6,9-11,13H2,1-4H3. The number of hydrogen-bond acceptors (Lipinski definition) is 3. The van der Waals surface area contributed by atoms with Crippen molar-refractivity contribution in [1.82, 2.24) is 10.2 Å². The van der Waals surface area contributed by atoms with E-state index in [0.29, 0.717) is 0 Å². The molecule has 0 saturated heterocycles. The summed E-state index contributed by atoms with van der Waals surface area (Å²) in [6, 6.07) is 6.23. The maximum absolute atomic E-state index is 6.15. The first-order valence-corrected chi connectivity index (χ1v) is 7.85. The van der Waals surface area contributed by atoms with Crippen molar-refractivity contribution in [2.75, 3.05) is 45.2 Å². The van der Waals surface area contributed by atoms with E-state index >= 15 is 0 Å². The molecule has 1 aromatic carbocycles. The first-order valence-electron chi connectivity index (χ1n) is 7.47. The summed E-state index contributed by atoms with van der Waals surface area (Å²) in [6.07, 6.45) is 1.15. The molecule has 0 aromatic heterocycles. The molecule has 0 bridgehead atoms. The van der Waals surface area contributed by atoms with Gasteiger partial charge < -0.3 is 15.1 Å². The molecule has 0 atom stereocenters. The minimum absolute atomic E-state index is 0.811. The Bertz CT molecular complexity index is 393. The molecule has 0 aliphatic carbocycles. The zero-order valence-electron chi connectivity index (χ0n) is 13.2. The van der Waals surface area contributed by atoms with Gasteiger partial charge in [-0.25, -0.2) is 0 Å². The van der Waals surface area contributed by atoms with E-state index in [-0.39, 0.29) is 0 Å².